The fourth-order valence-corrected chi connectivity index (χ4v) is 1.88. The number of rotatable bonds is 3. The molecular formula is C16H11N3O. The van der Waals surface area contributed by atoms with E-state index >= 15 is 0 Å². The van der Waals surface area contributed by atoms with E-state index in [1.165, 1.54) is 0 Å². The van der Waals surface area contributed by atoms with Crippen LogP contribution in [0.4, 0.5) is 0 Å². The molecule has 4 heteroatoms. The molecule has 0 N–H and O–H groups in total. The van der Waals surface area contributed by atoms with Crippen molar-refractivity contribution in [2.45, 2.75) is 0 Å². The van der Waals surface area contributed by atoms with Gasteiger partial charge in [-0.3, -0.25) is 4.79 Å². The number of carbonyl (C=O) groups excluding carboxylic acids is 1. The van der Waals surface area contributed by atoms with Gasteiger partial charge in [0.15, 0.2) is 23.8 Å². The van der Waals surface area contributed by atoms with Gasteiger partial charge in [-0.05, 0) is 0 Å². The lowest BCUT2D eigenvalue weighted by Gasteiger charge is -2.04. The third-order valence-electron chi connectivity index (χ3n) is 2.82. The van der Waals surface area contributed by atoms with Crippen molar-refractivity contribution in [2.24, 2.45) is 0 Å². The quantitative estimate of drug-likeness (QED) is 0.680. The molecule has 0 spiro atoms. The Labute approximate surface area is 116 Å². The summed E-state index contributed by atoms with van der Waals surface area (Å²) in [5, 5.41) is 0. The summed E-state index contributed by atoms with van der Waals surface area (Å²) in [6, 6.07) is 19.1. The van der Waals surface area contributed by atoms with E-state index in [9.17, 15) is 4.79 Å². The summed E-state index contributed by atoms with van der Waals surface area (Å²) in [6.07, 6.45) is 0.639. The average Bonchev–Trinajstić information content (AvgIpc) is 2.56. The van der Waals surface area contributed by atoms with Crippen LogP contribution in [0.25, 0.3) is 22.8 Å². The smallest absolute Gasteiger partial charge is 0.196 e. The van der Waals surface area contributed by atoms with Crippen molar-refractivity contribution in [1.29, 1.82) is 0 Å². The van der Waals surface area contributed by atoms with Gasteiger partial charge in [0.25, 0.3) is 0 Å². The van der Waals surface area contributed by atoms with Crippen LogP contribution < -0.4 is 0 Å². The lowest BCUT2D eigenvalue weighted by Crippen LogP contribution is -2.01. The maximum Gasteiger partial charge on any atom is 0.196 e. The van der Waals surface area contributed by atoms with Crippen LogP contribution in [0.3, 0.4) is 0 Å². The van der Waals surface area contributed by atoms with Crippen molar-refractivity contribution >= 4 is 6.29 Å². The molecule has 20 heavy (non-hydrogen) atoms. The number of aromatic nitrogens is 3. The molecule has 96 valence electrons. The molecule has 1 aromatic heterocycles. The number of aldehydes is 1. The van der Waals surface area contributed by atoms with Crippen LogP contribution in [0.1, 0.15) is 10.6 Å². The second-order valence-electron chi connectivity index (χ2n) is 4.19. The molecule has 0 atom stereocenters. The molecule has 0 aliphatic carbocycles. The van der Waals surface area contributed by atoms with E-state index in [0.29, 0.717) is 17.9 Å². The second kappa shape index (κ2) is 5.40. The van der Waals surface area contributed by atoms with E-state index in [4.69, 9.17) is 0 Å². The van der Waals surface area contributed by atoms with Crippen molar-refractivity contribution < 1.29 is 4.79 Å². The second-order valence-corrected chi connectivity index (χ2v) is 4.19. The van der Waals surface area contributed by atoms with E-state index < -0.39 is 0 Å². The highest BCUT2D eigenvalue weighted by Crippen LogP contribution is 2.19. The Hall–Kier alpha value is -2.88. The third kappa shape index (κ3) is 2.44. The maximum atomic E-state index is 11.0. The van der Waals surface area contributed by atoms with Gasteiger partial charge in [-0.2, -0.15) is 0 Å². The first-order chi connectivity index (χ1) is 9.86. The standard InChI is InChI=1S/C16H11N3O/c20-11-14-17-15(12-7-3-1-4-8-12)19-16(18-14)13-9-5-2-6-10-13/h1-11H. The van der Waals surface area contributed by atoms with Crippen LogP contribution in [0.2, 0.25) is 0 Å². The average molecular weight is 261 g/mol. The fourth-order valence-electron chi connectivity index (χ4n) is 1.88. The fraction of sp³-hybridized carbons (Fsp3) is 0. The number of nitrogens with zero attached hydrogens (tertiary/aromatic N) is 3. The van der Waals surface area contributed by atoms with E-state index in [1.54, 1.807) is 0 Å². The molecule has 0 aliphatic heterocycles. The van der Waals surface area contributed by atoms with Gasteiger partial charge in [0.2, 0.25) is 0 Å². The highest BCUT2D eigenvalue weighted by atomic mass is 16.1. The minimum atomic E-state index is 0.137. The predicted octanol–water partition coefficient (Wildman–Crippen LogP) is 3.02. The van der Waals surface area contributed by atoms with Crippen LogP contribution in [0.15, 0.2) is 60.7 Å². The number of benzene rings is 2. The van der Waals surface area contributed by atoms with Crippen LogP contribution in [0.5, 0.6) is 0 Å². The molecule has 0 amide bonds. The Morgan fingerprint density at radius 2 is 1.10 bits per heavy atom. The highest BCUT2D eigenvalue weighted by Gasteiger charge is 2.09. The zero-order valence-corrected chi connectivity index (χ0v) is 10.6. The minimum Gasteiger partial charge on any atom is -0.294 e. The molecule has 0 radical (unpaired) electrons. The number of carbonyl (C=O) groups is 1. The SMILES string of the molecule is O=Cc1nc(-c2ccccc2)nc(-c2ccccc2)n1. The van der Waals surface area contributed by atoms with Gasteiger partial charge in [0.05, 0.1) is 0 Å². The van der Waals surface area contributed by atoms with Crippen molar-refractivity contribution in [2.75, 3.05) is 0 Å². The summed E-state index contributed by atoms with van der Waals surface area (Å²) >= 11 is 0. The molecule has 1 heterocycles. The van der Waals surface area contributed by atoms with Crippen molar-refractivity contribution in [1.82, 2.24) is 15.0 Å². The van der Waals surface area contributed by atoms with Gasteiger partial charge in [0.1, 0.15) is 0 Å². The zero-order valence-electron chi connectivity index (χ0n) is 10.6. The lowest BCUT2D eigenvalue weighted by atomic mass is 10.2. The first-order valence-corrected chi connectivity index (χ1v) is 6.19. The zero-order chi connectivity index (χ0) is 13.8. The molecule has 0 saturated carbocycles. The molecule has 2 aromatic carbocycles. The molecule has 3 rings (SSSR count). The molecule has 4 nitrogen and oxygen atoms in total. The Morgan fingerprint density at radius 1 is 0.650 bits per heavy atom. The van der Waals surface area contributed by atoms with E-state index in [0.717, 1.165) is 11.1 Å². The van der Waals surface area contributed by atoms with Crippen molar-refractivity contribution in [3.8, 4) is 22.8 Å². The lowest BCUT2D eigenvalue weighted by molar-refractivity contribution is 0.111. The van der Waals surface area contributed by atoms with Gasteiger partial charge in [0, 0.05) is 11.1 Å². The molecular weight excluding hydrogens is 250 g/mol. The van der Waals surface area contributed by atoms with Gasteiger partial charge < -0.3 is 0 Å². The first-order valence-electron chi connectivity index (χ1n) is 6.19. The van der Waals surface area contributed by atoms with Gasteiger partial charge >= 0.3 is 0 Å². The minimum absolute atomic E-state index is 0.137. The van der Waals surface area contributed by atoms with Crippen LogP contribution in [-0.4, -0.2) is 21.2 Å². The van der Waals surface area contributed by atoms with Crippen LogP contribution in [0, 0.1) is 0 Å². The summed E-state index contributed by atoms with van der Waals surface area (Å²) in [7, 11) is 0. The predicted molar refractivity (Wildman–Crippen MR) is 76.1 cm³/mol. The van der Waals surface area contributed by atoms with Gasteiger partial charge in [-0.15, -0.1) is 0 Å². The monoisotopic (exact) mass is 261 g/mol. The summed E-state index contributed by atoms with van der Waals surface area (Å²) in [4.78, 5) is 23.8. The molecule has 0 bridgehead atoms. The molecule has 0 unspecified atom stereocenters. The molecule has 0 fully saturated rings. The van der Waals surface area contributed by atoms with Crippen molar-refractivity contribution in [3.05, 3.63) is 66.5 Å². The molecule has 0 saturated heterocycles. The first kappa shape index (κ1) is 12.2. The van der Waals surface area contributed by atoms with Crippen molar-refractivity contribution in [3.63, 3.8) is 0 Å². The topological polar surface area (TPSA) is 55.7 Å². The van der Waals surface area contributed by atoms with Gasteiger partial charge in [-0.25, -0.2) is 15.0 Å². The summed E-state index contributed by atoms with van der Waals surface area (Å²) in [6.45, 7) is 0. The van der Waals surface area contributed by atoms with E-state index in [1.807, 2.05) is 60.7 Å². The Kier molecular flexibility index (Phi) is 3.29. The third-order valence-corrected chi connectivity index (χ3v) is 2.82. The maximum absolute atomic E-state index is 11.0. The summed E-state index contributed by atoms with van der Waals surface area (Å²) in [5.74, 6) is 1.14. The highest BCUT2D eigenvalue weighted by molar-refractivity contribution is 5.72. The Morgan fingerprint density at radius 3 is 1.50 bits per heavy atom. The van der Waals surface area contributed by atoms with Gasteiger partial charge in [-0.1, -0.05) is 60.7 Å². The number of hydrogen-bond donors (Lipinski definition) is 0. The Bertz CT molecular complexity index is 669. The largest absolute Gasteiger partial charge is 0.294 e. The normalized spacial score (nSPS) is 10.2. The molecule has 0 aliphatic rings. The Balaban J connectivity index is 2.15. The summed E-state index contributed by atoms with van der Waals surface area (Å²) < 4.78 is 0. The molecule has 3 aromatic rings. The van der Waals surface area contributed by atoms with Crippen LogP contribution in [-0.2, 0) is 0 Å². The van der Waals surface area contributed by atoms with E-state index in [-0.39, 0.29) is 5.82 Å². The van der Waals surface area contributed by atoms with E-state index in [2.05, 4.69) is 15.0 Å². The number of hydrogen-bond acceptors (Lipinski definition) is 4. The van der Waals surface area contributed by atoms with Crippen LogP contribution >= 0.6 is 0 Å². The summed E-state index contributed by atoms with van der Waals surface area (Å²) in [5.41, 5.74) is 1.71.